The van der Waals surface area contributed by atoms with Crippen LogP contribution in [0.25, 0.3) is 0 Å². The van der Waals surface area contributed by atoms with Crippen molar-refractivity contribution >= 4 is 23.6 Å². The molecule has 10 heteroatoms. The molecule has 0 aliphatic heterocycles. The first-order chi connectivity index (χ1) is 15.0. The molecular weight excluding hydrogens is 412 g/mol. The molecule has 4 amide bonds. The Bertz CT molecular complexity index is 750. The smallest absolute Gasteiger partial charge is 0.243 e. The number of carbonyl (C=O) groups is 4. The molecule has 1 aromatic rings. The van der Waals surface area contributed by atoms with Crippen molar-refractivity contribution < 1.29 is 19.2 Å². The average molecular weight is 451 g/mol. The molecule has 0 aromatic carbocycles. The topological polar surface area (TPSA) is 159 Å². The maximum absolute atomic E-state index is 12.9. The van der Waals surface area contributed by atoms with E-state index in [1.807, 2.05) is 27.7 Å². The summed E-state index contributed by atoms with van der Waals surface area (Å²) >= 11 is 0. The highest BCUT2D eigenvalue weighted by Crippen LogP contribution is 2.14. The van der Waals surface area contributed by atoms with E-state index in [1.165, 1.54) is 13.3 Å². The van der Waals surface area contributed by atoms with Crippen molar-refractivity contribution in [2.75, 3.05) is 0 Å². The van der Waals surface area contributed by atoms with Gasteiger partial charge in [0.1, 0.15) is 12.1 Å². The van der Waals surface area contributed by atoms with E-state index in [4.69, 9.17) is 5.73 Å². The van der Waals surface area contributed by atoms with E-state index in [0.717, 1.165) is 12.1 Å². The van der Waals surface area contributed by atoms with Gasteiger partial charge in [0.25, 0.3) is 0 Å². The fourth-order valence-electron chi connectivity index (χ4n) is 3.41. The first-order valence-corrected chi connectivity index (χ1v) is 11.2. The summed E-state index contributed by atoms with van der Waals surface area (Å²) < 4.78 is 0. The number of rotatable bonds is 14. The number of imidazole rings is 1. The number of primary amides is 1. The highest BCUT2D eigenvalue weighted by Gasteiger charge is 2.26. The number of nitrogens with two attached hydrogens (primary N) is 1. The van der Waals surface area contributed by atoms with Gasteiger partial charge in [-0.2, -0.15) is 0 Å². The SMILES string of the molecule is CC[C@H](C)[C@@H](CCC(=O)N[C@@H](CC(C)C)C(N)=O)NC(=O)[C@H](Cc1cnc[nH]1)NC(C)=O. The lowest BCUT2D eigenvalue weighted by Crippen LogP contribution is -2.52. The Labute approximate surface area is 189 Å². The maximum Gasteiger partial charge on any atom is 0.243 e. The lowest BCUT2D eigenvalue weighted by Gasteiger charge is -2.27. The summed E-state index contributed by atoms with van der Waals surface area (Å²) in [4.78, 5) is 55.5. The van der Waals surface area contributed by atoms with Crippen LogP contribution in [0.2, 0.25) is 0 Å². The molecule has 32 heavy (non-hydrogen) atoms. The zero-order valence-corrected chi connectivity index (χ0v) is 19.7. The molecule has 1 heterocycles. The molecule has 0 radical (unpaired) electrons. The molecule has 0 saturated carbocycles. The molecule has 180 valence electrons. The second-order valence-electron chi connectivity index (χ2n) is 8.73. The van der Waals surface area contributed by atoms with E-state index in [2.05, 4.69) is 25.9 Å². The van der Waals surface area contributed by atoms with Crippen molar-refractivity contribution in [3.63, 3.8) is 0 Å². The fourth-order valence-corrected chi connectivity index (χ4v) is 3.41. The van der Waals surface area contributed by atoms with Gasteiger partial charge in [0.15, 0.2) is 0 Å². The lowest BCUT2D eigenvalue weighted by atomic mass is 9.94. The van der Waals surface area contributed by atoms with Gasteiger partial charge in [-0.1, -0.05) is 34.1 Å². The van der Waals surface area contributed by atoms with Crippen molar-refractivity contribution in [2.24, 2.45) is 17.6 Å². The number of hydrogen-bond donors (Lipinski definition) is 5. The van der Waals surface area contributed by atoms with Crippen LogP contribution in [0.3, 0.4) is 0 Å². The zero-order chi connectivity index (χ0) is 24.3. The number of hydrogen-bond acceptors (Lipinski definition) is 5. The number of H-pyrrole nitrogens is 1. The van der Waals surface area contributed by atoms with Crippen molar-refractivity contribution in [2.45, 2.75) is 84.8 Å². The van der Waals surface area contributed by atoms with E-state index >= 15 is 0 Å². The Morgan fingerprint density at radius 1 is 1.09 bits per heavy atom. The predicted molar refractivity (Wildman–Crippen MR) is 121 cm³/mol. The third-order valence-corrected chi connectivity index (χ3v) is 5.40. The van der Waals surface area contributed by atoms with Gasteiger partial charge in [0.05, 0.1) is 6.33 Å². The summed E-state index contributed by atoms with van der Waals surface area (Å²) in [5.74, 6) is -1.16. The molecule has 10 nitrogen and oxygen atoms in total. The van der Waals surface area contributed by atoms with Crippen LogP contribution in [0, 0.1) is 11.8 Å². The minimum atomic E-state index is -0.765. The molecule has 0 spiro atoms. The van der Waals surface area contributed by atoms with Crippen LogP contribution in [0.1, 0.15) is 66.0 Å². The van der Waals surface area contributed by atoms with Crippen molar-refractivity contribution in [1.29, 1.82) is 0 Å². The van der Waals surface area contributed by atoms with Crippen LogP contribution in [-0.4, -0.2) is 51.7 Å². The van der Waals surface area contributed by atoms with Crippen LogP contribution in [0.15, 0.2) is 12.5 Å². The molecule has 1 rings (SSSR count). The Kier molecular flexibility index (Phi) is 11.4. The van der Waals surface area contributed by atoms with Crippen LogP contribution in [0.4, 0.5) is 0 Å². The van der Waals surface area contributed by atoms with Crippen LogP contribution >= 0.6 is 0 Å². The molecule has 0 aliphatic carbocycles. The molecule has 0 fully saturated rings. The minimum absolute atomic E-state index is 0.111. The van der Waals surface area contributed by atoms with E-state index in [9.17, 15) is 19.2 Å². The van der Waals surface area contributed by atoms with Crippen LogP contribution < -0.4 is 21.7 Å². The quantitative estimate of drug-likeness (QED) is 0.283. The minimum Gasteiger partial charge on any atom is -0.368 e. The standard InChI is InChI=1S/C22H38N6O4/c1-6-14(4)17(7-8-20(30)27-18(21(23)31)9-13(2)3)28-22(32)19(26-15(5)29)10-16-11-24-12-25-16/h11-14,17-19H,6-10H2,1-5H3,(H2,23,31)(H,24,25)(H,26,29)(H,27,30)(H,28,32)/t14-,17+,18-,19-/m0/s1. The van der Waals surface area contributed by atoms with Crippen molar-refractivity contribution in [3.8, 4) is 0 Å². The van der Waals surface area contributed by atoms with Gasteiger partial charge < -0.3 is 26.7 Å². The zero-order valence-electron chi connectivity index (χ0n) is 19.7. The first kappa shape index (κ1) is 27.1. The number of carbonyl (C=O) groups excluding carboxylic acids is 4. The van der Waals surface area contributed by atoms with E-state index in [0.29, 0.717) is 12.8 Å². The Hall–Kier alpha value is -2.91. The first-order valence-electron chi connectivity index (χ1n) is 11.2. The summed E-state index contributed by atoms with van der Waals surface area (Å²) in [6.45, 7) is 9.26. The van der Waals surface area contributed by atoms with Gasteiger partial charge in [0, 0.05) is 37.7 Å². The third kappa shape index (κ3) is 9.93. The highest BCUT2D eigenvalue weighted by molar-refractivity contribution is 5.88. The summed E-state index contributed by atoms with van der Waals surface area (Å²) in [6, 6.07) is -1.75. The van der Waals surface area contributed by atoms with Gasteiger partial charge in [-0.05, 0) is 24.7 Å². The van der Waals surface area contributed by atoms with Gasteiger partial charge in [-0.15, -0.1) is 0 Å². The highest BCUT2D eigenvalue weighted by atomic mass is 16.2. The summed E-state index contributed by atoms with van der Waals surface area (Å²) in [6.07, 6.45) is 5.20. The van der Waals surface area contributed by atoms with Gasteiger partial charge in [0.2, 0.25) is 23.6 Å². The molecule has 0 unspecified atom stereocenters. The lowest BCUT2D eigenvalue weighted by molar-refractivity contribution is -0.129. The van der Waals surface area contributed by atoms with Crippen molar-refractivity contribution in [1.82, 2.24) is 25.9 Å². The van der Waals surface area contributed by atoms with Crippen LogP contribution in [0.5, 0.6) is 0 Å². The molecular formula is C22H38N6O4. The number of amides is 4. The Morgan fingerprint density at radius 2 is 1.78 bits per heavy atom. The predicted octanol–water partition coefficient (Wildman–Crippen LogP) is 0.784. The number of aromatic amines is 1. The molecule has 0 bridgehead atoms. The number of nitrogens with one attached hydrogen (secondary N) is 4. The molecule has 0 aliphatic rings. The summed E-state index contributed by atoms with van der Waals surface area (Å²) in [5, 5.41) is 8.36. The normalized spacial score (nSPS) is 14.8. The van der Waals surface area contributed by atoms with E-state index in [1.54, 1.807) is 6.20 Å². The summed E-state index contributed by atoms with van der Waals surface area (Å²) in [5.41, 5.74) is 6.12. The Morgan fingerprint density at radius 3 is 2.28 bits per heavy atom. The van der Waals surface area contributed by atoms with Gasteiger partial charge in [-0.25, -0.2) is 4.98 Å². The Balaban J connectivity index is 2.77. The molecule has 0 saturated heterocycles. The largest absolute Gasteiger partial charge is 0.368 e. The number of nitrogens with zero attached hydrogens (tertiary/aromatic N) is 1. The van der Waals surface area contributed by atoms with Gasteiger partial charge in [-0.3, -0.25) is 19.2 Å². The van der Waals surface area contributed by atoms with Crippen molar-refractivity contribution in [3.05, 3.63) is 18.2 Å². The van der Waals surface area contributed by atoms with Gasteiger partial charge >= 0.3 is 0 Å². The third-order valence-electron chi connectivity index (χ3n) is 5.40. The molecule has 6 N–H and O–H groups in total. The summed E-state index contributed by atoms with van der Waals surface area (Å²) in [7, 11) is 0. The van der Waals surface area contributed by atoms with E-state index in [-0.39, 0.29) is 48.4 Å². The monoisotopic (exact) mass is 450 g/mol. The van der Waals surface area contributed by atoms with E-state index < -0.39 is 18.0 Å². The average Bonchev–Trinajstić information content (AvgIpc) is 3.21. The maximum atomic E-state index is 12.9. The molecule has 1 aromatic heterocycles. The second-order valence-corrected chi connectivity index (χ2v) is 8.73. The fraction of sp³-hybridized carbons (Fsp3) is 0.682. The molecule has 4 atom stereocenters. The van der Waals surface area contributed by atoms with Crippen LogP contribution in [-0.2, 0) is 25.6 Å². The number of aromatic nitrogens is 2. The second kappa shape index (κ2) is 13.5.